The fraction of sp³-hybridized carbons (Fsp3) is 0.400. The van der Waals surface area contributed by atoms with Crippen molar-refractivity contribution >= 4 is 17.6 Å². The fourth-order valence-electron chi connectivity index (χ4n) is 0.124. The van der Waals surface area contributed by atoms with Gasteiger partial charge in [-0.25, -0.2) is 0 Å². The van der Waals surface area contributed by atoms with E-state index in [-0.39, 0.29) is 0 Å². The summed E-state index contributed by atoms with van der Waals surface area (Å²) in [5.74, 6) is 5.25. The van der Waals surface area contributed by atoms with Crippen LogP contribution in [0.5, 0.6) is 0 Å². The molecule has 0 saturated carbocycles. The smallest absolute Gasteiger partial charge is 0.0972 e. The maximum atomic E-state index is 4.29. The van der Waals surface area contributed by atoms with E-state index in [0.29, 0.717) is 0 Å². The number of hydrogen-bond donors (Lipinski definition) is 0. The van der Waals surface area contributed by atoms with Crippen LogP contribution in [0.1, 0.15) is 13.3 Å². The van der Waals surface area contributed by atoms with Gasteiger partial charge in [0.15, 0.2) is 0 Å². The Morgan fingerprint density at radius 3 is 2.50 bits per heavy atom. The summed E-state index contributed by atoms with van der Waals surface area (Å²) in [5, 5.41) is 2.29. The fourth-order valence-corrected chi connectivity index (χ4v) is 0.197. The molecule has 0 spiro atoms. The van der Waals surface area contributed by atoms with Gasteiger partial charge < -0.3 is 0 Å². The Morgan fingerprint density at radius 1 is 1.67 bits per heavy atom. The lowest BCUT2D eigenvalue weighted by Gasteiger charge is -1.58. The molecule has 0 atom stereocenters. The lowest BCUT2D eigenvalue weighted by Crippen LogP contribution is -1.53. The van der Waals surface area contributed by atoms with E-state index in [9.17, 15) is 0 Å². The topological polar surface area (TPSA) is 0 Å². The molecule has 1 radical (unpaired) electrons. The summed E-state index contributed by atoms with van der Waals surface area (Å²) >= 11 is 4.29. The van der Waals surface area contributed by atoms with E-state index in [1.54, 1.807) is 0 Å². The van der Waals surface area contributed by atoms with Gasteiger partial charge in [0.1, 0.15) is 5.37 Å². The van der Waals surface area contributed by atoms with Crippen LogP contribution in [0.3, 0.4) is 0 Å². The SMILES string of the molecule is CCC#C[C]=S. The third kappa shape index (κ3) is 3.65. The second-order valence-electron chi connectivity index (χ2n) is 0.757. The Balaban J connectivity index is 3.13. The van der Waals surface area contributed by atoms with Gasteiger partial charge >= 0.3 is 0 Å². The van der Waals surface area contributed by atoms with Crippen LogP contribution in [0, 0.1) is 11.8 Å². The molecule has 0 heterocycles. The van der Waals surface area contributed by atoms with Gasteiger partial charge in [-0.1, -0.05) is 31.0 Å². The minimum atomic E-state index is 0.865. The zero-order valence-electron chi connectivity index (χ0n) is 3.62. The number of rotatable bonds is 0. The van der Waals surface area contributed by atoms with E-state index >= 15 is 0 Å². The molecular formula is C5H5S. The predicted molar refractivity (Wildman–Crippen MR) is 30.7 cm³/mol. The summed E-state index contributed by atoms with van der Waals surface area (Å²) in [6, 6.07) is 0. The molecule has 0 bridgehead atoms. The van der Waals surface area contributed by atoms with Crippen molar-refractivity contribution in [2.24, 2.45) is 0 Å². The standard InChI is InChI=1S/C5H5S/c1-2-3-4-5-6/h2H2,1H3. The minimum Gasteiger partial charge on any atom is -0.0972 e. The van der Waals surface area contributed by atoms with E-state index in [4.69, 9.17) is 0 Å². The van der Waals surface area contributed by atoms with Crippen molar-refractivity contribution in [2.75, 3.05) is 0 Å². The average molecular weight is 97.2 g/mol. The molecule has 1 heteroatoms. The van der Waals surface area contributed by atoms with Crippen molar-refractivity contribution in [1.82, 2.24) is 0 Å². The molecule has 0 saturated heterocycles. The van der Waals surface area contributed by atoms with Crippen LogP contribution in [0.4, 0.5) is 0 Å². The van der Waals surface area contributed by atoms with Gasteiger partial charge in [0, 0.05) is 6.42 Å². The van der Waals surface area contributed by atoms with Crippen molar-refractivity contribution in [3.05, 3.63) is 0 Å². The Labute approximate surface area is 43.6 Å². The van der Waals surface area contributed by atoms with Crippen LogP contribution in [0.15, 0.2) is 0 Å². The van der Waals surface area contributed by atoms with E-state index < -0.39 is 0 Å². The van der Waals surface area contributed by atoms with Gasteiger partial charge in [-0.05, 0) is 0 Å². The van der Waals surface area contributed by atoms with E-state index in [1.807, 2.05) is 6.92 Å². The second-order valence-corrected chi connectivity index (χ2v) is 0.962. The molecule has 0 aromatic heterocycles. The summed E-state index contributed by atoms with van der Waals surface area (Å²) in [6.07, 6.45) is 0.865. The van der Waals surface area contributed by atoms with Crippen LogP contribution in [-0.4, -0.2) is 5.37 Å². The Morgan fingerprint density at radius 2 is 2.33 bits per heavy atom. The van der Waals surface area contributed by atoms with Crippen LogP contribution in [0.2, 0.25) is 0 Å². The van der Waals surface area contributed by atoms with Crippen LogP contribution in [0.25, 0.3) is 0 Å². The lowest BCUT2D eigenvalue weighted by atomic mass is 10.5. The molecule has 0 aliphatic rings. The van der Waals surface area contributed by atoms with Crippen molar-refractivity contribution < 1.29 is 0 Å². The van der Waals surface area contributed by atoms with Gasteiger partial charge in [-0.3, -0.25) is 0 Å². The van der Waals surface area contributed by atoms with Gasteiger partial charge in [0.25, 0.3) is 0 Å². The predicted octanol–water partition coefficient (Wildman–Crippen LogP) is 1.28. The highest BCUT2D eigenvalue weighted by molar-refractivity contribution is 7.79. The highest BCUT2D eigenvalue weighted by Crippen LogP contribution is 1.62. The number of hydrogen-bond acceptors (Lipinski definition) is 1. The quantitative estimate of drug-likeness (QED) is 0.324. The number of thiocarbonyl (C=S) groups is 1. The minimum absolute atomic E-state index is 0.865. The van der Waals surface area contributed by atoms with Gasteiger partial charge in [-0.15, -0.1) is 0 Å². The van der Waals surface area contributed by atoms with E-state index in [0.717, 1.165) is 6.42 Å². The Hall–Kier alpha value is -0.350. The molecule has 0 rings (SSSR count). The second kappa shape index (κ2) is 4.65. The van der Waals surface area contributed by atoms with Crippen LogP contribution in [-0.2, 0) is 0 Å². The van der Waals surface area contributed by atoms with Crippen molar-refractivity contribution in [2.45, 2.75) is 13.3 Å². The first-order valence-electron chi connectivity index (χ1n) is 1.76. The van der Waals surface area contributed by atoms with Gasteiger partial charge in [0.2, 0.25) is 0 Å². The molecule has 0 aliphatic carbocycles. The summed E-state index contributed by atoms with van der Waals surface area (Å²) < 4.78 is 0. The Bertz CT molecular complexity index is 83.8. The zero-order chi connectivity index (χ0) is 4.83. The summed E-state index contributed by atoms with van der Waals surface area (Å²) in [5.41, 5.74) is 0. The monoisotopic (exact) mass is 97.0 g/mol. The lowest BCUT2D eigenvalue weighted by molar-refractivity contribution is 1.28. The van der Waals surface area contributed by atoms with E-state index in [2.05, 4.69) is 29.4 Å². The largest absolute Gasteiger partial charge is 0.114 e. The third-order valence-electron chi connectivity index (χ3n) is 0.316. The van der Waals surface area contributed by atoms with Crippen LogP contribution < -0.4 is 0 Å². The summed E-state index contributed by atoms with van der Waals surface area (Å²) in [6.45, 7) is 1.97. The highest BCUT2D eigenvalue weighted by Gasteiger charge is 1.53. The summed E-state index contributed by atoms with van der Waals surface area (Å²) in [7, 11) is 0. The first-order valence-corrected chi connectivity index (χ1v) is 2.17. The molecule has 0 aliphatic heterocycles. The molecule has 0 fully saturated rings. The van der Waals surface area contributed by atoms with Gasteiger partial charge in [0.05, 0.1) is 0 Å². The first kappa shape index (κ1) is 5.65. The normalized spacial score (nSPS) is 5.50. The summed E-state index contributed by atoms with van der Waals surface area (Å²) in [4.78, 5) is 0. The molecule has 0 aromatic carbocycles. The van der Waals surface area contributed by atoms with E-state index in [1.165, 1.54) is 0 Å². The van der Waals surface area contributed by atoms with Crippen molar-refractivity contribution in [3.63, 3.8) is 0 Å². The van der Waals surface area contributed by atoms with Crippen molar-refractivity contribution in [1.29, 1.82) is 0 Å². The molecule has 31 valence electrons. The molecular weight excluding hydrogens is 92.1 g/mol. The maximum Gasteiger partial charge on any atom is 0.114 e. The Kier molecular flexibility index (Phi) is 4.38. The first-order chi connectivity index (χ1) is 2.91. The molecule has 0 unspecified atom stereocenters. The molecule has 6 heavy (non-hydrogen) atoms. The maximum absolute atomic E-state index is 4.29. The molecule has 0 nitrogen and oxygen atoms in total. The van der Waals surface area contributed by atoms with Crippen molar-refractivity contribution in [3.8, 4) is 11.8 Å². The van der Waals surface area contributed by atoms with Crippen LogP contribution >= 0.6 is 12.2 Å². The highest BCUT2D eigenvalue weighted by atomic mass is 32.1. The van der Waals surface area contributed by atoms with Gasteiger partial charge in [-0.2, -0.15) is 0 Å². The molecule has 0 aromatic rings. The molecule has 0 amide bonds. The average Bonchev–Trinajstić information content (AvgIpc) is 1.61. The third-order valence-corrected chi connectivity index (χ3v) is 0.418. The zero-order valence-corrected chi connectivity index (χ0v) is 4.43. The molecule has 0 N–H and O–H groups in total.